The Bertz CT molecular complexity index is 755. The van der Waals surface area contributed by atoms with Crippen molar-refractivity contribution in [1.29, 1.82) is 5.26 Å². The molecular formula is C16H19FN2O3S. The highest BCUT2D eigenvalue weighted by Crippen LogP contribution is 2.43. The van der Waals surface area contributed by atoms with E-state index >= 15 is 0 Å². The lowest BCUT2D eigenvalue weighted by molar-refractivity contribution is 0.0629. The van der Waals surface area contributed by atoms with Crippen molar-refractivity contribution in [2.24, 2.45) is 5.92 Å². The number of hydrogen-bond acceptors (Lipinski definition) is 4. The molecular weight excluding hydrogens is 319 g/mol. The molecule has 0 radical (unpaired) electrons. The quantitative estimate of drug-likeness (QED) is 0.891. The molecule has 2 fully saturated rings. The molecule has 5 nitrogen and oxygen atoms in total. The number of hydrogen-bond donors (Lipinski definition) is 1. The molecule has 2 unspecified atom stereocenters. The van der Waals surface area contributed by atoms with Gasteiger partial charge in [-0.15, -0.1) is 0 Å². The number of benzene rings is 1. The van der Waals surface area contributed by atoms with Crippen LogP contribution in [-0.2, 0) is 20.5 Å². The Morgan fingerprint density at radius 2 is 2.22 bits per heavy atom. The van der Waals surface area contributed by atoms with Gasteiger partial charge in [-0.1, -0.05) is 0 Å². The van der Waals surface area contributed by atoms with Gasteiger partial charge in [0.1, 0.15) is 5.82 Å². The number of nitriles is 1. The monoisotopic (exact) mass is 338 g/mol. The predicted octanol–water partition coefficient (Wildman–Crippen LogP) is 2.07. The van der Waals surface area contributed by atoms with Gasteiger partial charge in [-0.3, -0.25) is 0 Å². The Balaban J connectivity index is 1.78. The van der Waals surface area contributed by atoms with Gasteiger partial charge in [-0.05, 0) is 50.3 Å². The summed E-state index contributed by atoms with van der Waals surface area (Å²) in [7, 11) is -3.74. The highest BCUT2D eigenvalue weighted by molar-refractivity contribution is 7.88. The minimum absolute atomic E-state index is 0.00189. The van der Waals surface area contributed by atoms with E-state index in [0.717, 1.165) is 18.9 Å². The molecule has 0 amide bonds. The van der Waals surface area contributed by atoms with Crippen LogP contribution in [0, 0.1) is 23.1 Å². The molecule has 2 aliphatic rings. The van der Waals surface area contributed by atoms with Crippen molar-refractivity contribution in [1.82, 2.24) is 4.72 Å². The summed E-state index contributed by atoms with van der Waals surface area (Å²) in [6, 6.07) is 5.62. The first-order valence-electron chi connectivity index (χ1n) is 7.65. The fraction of sp³-hybridized carbons (Fsp3) is 0.562. The van der Waals surface area contributed by atoms with Crippen LogP contribution in [0.25, 0.3) is 0 Å². The van der Waals surface area contributed by atoms with Crippen LogP contribution in [0.5, 0.6) is 0 Å². The van der Waals surface area contributed by atoms with Crippen molar-refractivity contribution in [2.45, 2.75) is 43.6 Å². The summed E-state index contributed by atoms with van der Waals surface area (Å²) < 4.78 is 47.2. The van der Waals surface area contributed by atoms with Crippen LogP contribution in [-0.4, -0.2) is 26.7 Å². The molecule has 3 rings (SSSR count). The molecule has 1 saturated carbocycles. The number of sulfonamides is 1. The maximum absolute atomic E-state index is 13.8. The number of halogens is 1. The molecule has 1 saturated heterocycles. The summed E-state index contributed by atoms with van der Waals surface area (Å²) in [5, 5.41) is 8.87. The maximum Gasteiger partial charge on any atom is 0.216 e. The van der Waals surface area contributed by atoms with Crippen LogP contribution < -0.4 is 4.72 Å². The van der Waals surface area contributed by atoms with Gasteiger partial charge in [-0.25, -0.2) is 17.5 Å². The average Bonchev–Trinajstić information content (AvgIpc) is 3.24. The van der Waals surface area contributed by atoms with E-state index in [1.165, 1.54) is 12.1 Å². The van der Waals surface area contributed by atoms with Crippen LogP contribution in [0.3, 0.4) is 0 Å². The maximum atomic E-state index is 13.8. The second-order valence-corrected chi connectivity index (χ2v) is 8.30. The molecule has 1 N–H and O–H groups in total. The van der Waals surface area contributed by atoms with Gasteiger partial charge in [0.2, 0.25) is 10.0 Å². The van der Waals surface area contributed by atoms with E-state index in [9.17, 15) is 12.8 Å². The lowest BCUT2D eigenvalue weighted by Crippen LogP contribution is -2.52. The standard InChI is InChI=1S/C16H19FN2O3S/c1-16(6-7-22-15(16)12-3-4-12)19-23(20,21)10-13-8-11(9-18)2-5-14(13)17/h2,5,8,12,15,19H,3-4,6-7,10H2,1H3. The number of nitrogens with zero attached hydrogens (tertiary/aromatic N) is 1. The number of nitrogens with one attached hydrogen (secondary N) is 1. The van der Waals surface area contributed by atoms with Crippen LogP contribution in [0.15, 0.2) is 18.2 Å². The van der Waals surface area contributed by atoms with Crippen molar-refractivity contribution in [3.8, 4) is 6.07 Å². The third kappa shape index (κ3) is 3.55. The van der Waals surface area contributed by atoms with E-state index in [1.807, 2.05) is 13.0 Å². The fourth-order valence-corrected chi connectivity index (χ4v) is 4.87. The third-order valence-corrected chi connectivity index (χ3v) is 5.97. The van der Waals surface area contributed by atoms with Crippen molar-refractivity contribution in [3.05, 3.63) is 35.1 Å². The molecule has 1 heterocycles. The Kier molecular flexibility index (Phi) is 4.17. The first kappa shape index (κ1) is 16.4. The molecule has 1 aliphatic carbocycles. The van der Waals surface area contributed by atoms with Gasteiger partial charge in [0, 0.05) is 12.2 Å². The molecule has 1 aliphatic heterocycles. The zero-order chi connectivity index (χ0) is 16.7. The highest BCUT2D eigenvalue weighted by Gasteiger charge is 2.49. The Morgan fingerprint density at radius 1 is 1.48 bits per heavy atom. The minimum Gasteiger partial charge on any atom is -0.376 e. The zero-order valence-electron chi connectivity index (χ0n) is 12.9. The SMILES string of the molecule is CC1(NS(=O)(=O)Cc2cc(C#N)ccc2F)CCOC1C1CC1. The van der Waals surface area contributed by atoms with E-state index in [-0.39, 0.29) is 17.2 Å². The molecule has 0 spiro atoms. The normalized spacial score (nSPS) is 27.8. The first-order chi connectivity index (χ1) is 10.8. The molecule has 1 aromatic rings. The molecule has 0 bridgehead atoms. The average molecular weight is 338 g/mol. The summed E-state index contributed by atoms with van der Waals surface area (Å²) in [6.45, 7) is 2.38. The lowest BCUT2D eigenvalue weighted by atomic mass is 9.92. The van der Waals surface area contributed by atoms with Gasteiger partial charge >= 0.3 is 0 Å². The summed E-state index contributed by atoms with van der Waals surface area (Å²) in [5.41, 5.74) is -0.409. The van der Waals surface area contributed by atoms with Gasteiger partial charge < -0.3 is 4.74 Å². The third-order valence-electron chi connectivity index (χ3n) is 4.51. The molecule has 7 heteroatoms. The second kappa shape index (κ2) is 5.86. The second-order valence-electron chi connectivity index (χ2n) is 6.58. The van der Waals surface area contributed by atoms with Crippen molar-refractivity contribution < 1.29 is 17.5 Å². The number of rotatable bonds is 5. The van der Waals surface area contributed by atoms with E-state index in [4.69, 9.17) is 10.00 Å². The predicted molar refractivity (Wildman–Crippen MR) is 82.4 cm³/mol. The number of ether oxygens (including phenoxy) is 1. The van der Waals surface area contributed by atoms with Gasteiger partial charge in [-0.2, -0.15) is 5.26 Å². The smallest absolute Gasteiger partial charge is 0.216 e. The van der Waals surface area contributed by atoms with Crippen LogP contribution >= 0.6 is 0 Å². The Hall–Kier alpha value is -1.49. The fourth-order valence-electron chi connectivity index (χ4n) is 3.24. The lowest BCUT2D eigenvalue weighted by Gasteiger charge is -2.31. The molecule has 1 aromatic carbocycles. The van der Waals surface area contributed by atoms with Crippen molar-refractivity contribution in [3.63, 3.8) is 0 Å². The van der Waals surface area contributed by atoms with E-state index < -0.39 is 27.1 Å². The molecule has 2 atom stereocenters. The molecule has 124 valence electrons. The molecule has 0 aromatic heterocycles. The highest BCUT2D eigenvalue weighted by atomic mass is 32.2. The van der Waals surface area contributed by atoms with Gasteiger partial charge in [0.15, 0.2) is 0 Å². The van der Waals surface area contributed by atoms with E-state index in [1.54, 1.807) is 0 Å². The van der Waals surface area contributed by atoms with E-state index in [0.29, 0.717) is 18.9 Å². The zero-order valence-corrected chi connectivity index (χ0v) is 13.7. The Morgan fingerprint density at radius 3 is 2.87 bits per heavy atom. The van der Waals surface area contributed by atoms with Crippen molar-refractivity contribution >= 4 is 10.0 Å². The Labute approximate surface area is 135 Å². The van der Waals surface area contributed by atoms with Crippen molar-refractivity contribution in [2.75, 3.05) is 6.61 Å². The summed E-state index contributed by atoms with van der Waals surface area (Å²) >= 11 is 0. The van der Waals surface area contributed by atoms with Crippen LogP contribution in [0.2, 0.25) is 0 Å². The van der Waals surface area contributed by atoms with E-state index in [2.05, 4.69) is 4.72 Å². The molecule has 23 heavy (non-hydrogen) atoms. The summed E-state index contributed by atoms with van der Waals surface area (Å²) in [6.07, 6.45) is 2.60. The summed E-state index contributed by atoms with van der Waals surface area (Å²) in [5.74, 6) is -0.703. The van der Waals surface area contributed by atoms with Crippen LogP contribution in [0.4, 0.5) is 4.39 Å². The van der Waals surface area contributed by atoms with Crippen LogP contribution in [0.1, 0.15) is 37.3 Å². The minimum atomic E-state index is -3.74. The van der Waals surface area contributed by atoms with Gasteiger partial charge in [0.05, 0.1) is 29.0 Å². The largest absolute Gasteiger partial charge is 0.376 e. The summed E-state index contributed by atoms with van der Waals surface area (Å²) in [4.78, 5) is 0. The van der Waals surface area contributed by atoms with Gasteiger partial charge in [0.25, 0.3) is 0 Å². The topological polar surface area (TPSA) is 79.2 Å². The first-order valence-corrected chi connectivity index (χ1v) is 9.30.